The van der Waals surface area contributed by atoms with Gasteiger partial charge in [0.1, 0.15) is 0 Å². The first kappa shape index (κ1) is 37.3. The van der Waals surface area contributed by atoms with Gasteiger partial charge in [-0.2, -0.15) is 18.2 Å². The average Bonchev–Trinajstić information content (AvgIpc) is 3.54. The number of nitrogens with one attached hydrogen (secondary N) is 1. The number of fused-ring (bicyclic) bond motifs is 4. The number of nitrogens with zero attached hydrogens (tertiary/aromatic N) is 3. The van der Waals surface area contributed by atoms with Gasteiger partial charge in [0, 0.05) is 17.1 Å². The lowest BCUT2D eigenvalue weighted by Crippen LogP contribution is -2.53. The summed E-state index contributed by atoms with van der Waals surface area (Å²) in [5.74, 6) is -7.26. The zero-order valence-electron chi connectivity index (χ0n) is 28.5. The number of aromatic nitrogens is 1. The molecule has 3 heterocycles. The number of para-hydroxylation sites is 1. The van der Waals surface area contributed by atoms with Crippen molar-refractivity contribution in [1.29, 1.82) is 0 Å². The van der Waals surface area contributed by atoms with Crippen molar-refractivity contribution in [2.24, 2.45) is 23.7 Å². The quantitative estimate of drug-likeness (QED) is 0.114. The molecule has 4 aromatic rings. The Labute approximate surface area is 335 Å². The van der Waals surface area contributed by atoms with E-state index in [1.165, 1.54) is 12.0 Å². The molecule has 3 aromatic carbocycles. The molecule has 0 bridgehead atoms. The van der Waals surface area contributed by atoms with Crippen LogP contribution in [0.5, 0.6) is 11.5 Å². The van der Waals surface area contributed by atoms with E-state index in [0.29, 0.717) is 43.2 Å². The summed E-state index contributed by atoms with van der Waals surface area (Å²) in [6.07, 6.45) is -2.22. The van der Waals surface area contributed by atoms with Crippen LogP contribution in [-0.2, 0) is 30.8 Å². The third-order valence-corrected chi connectivity index (χ3v) is 12.5. The van der Waals surface area contributed by atoms with E-state index in [1.807, 2.05) is 28.7 Å². The van der Waals surface area contributed by atoms with Crippen LogP contribution < -0.4 is 15.1 Å². The number of imide groups is 2. The lowest BCUT2D eigenvalue weighted by Gasteiger charge is -2.50. The molecule has 2 saturated heterocycles. The molecule has 2 N–H and O–H groups in total. The molecule has 8 rings (SSSR count). The fourth-order valence-electron chi connectivity index (χ4n) is 8.91. The molecule has 16 heteroatoms. The summed E-state index contributed by atoms with van der Waals surface area (Å²) in [5, 5.41) is 11.5. The van der Waals surface area contributed by atoms with Crippen LogP contribution in [0.1, 0.15) is 35.4 Å². The lowest BCUT2D eigenvalue weighted by atomic mass is 9.49. The Bertz CT molecular complexity index is 2330. The van der Waals surface area contributed by atoms with Crippen molar-refractivity contribution in [3.8, 4) is 11.5 Å². The number of hydrogen-bond donors (Lipinski definition) is 2. The number of methoxy groups -OCH3 is 1. The number of phenols is 1. The van der Waals surface area contributed by atoms with Gasteiger partial charge in [0.15, 0.2) is 17.3 Å². The predicted octanol–water partition coefficient (Wildman–Crippen LogP) is 7.92. The van der Waals surface area contributed by atoms with Crippen LogP contribution in [-0.4, -0.2) is 45.8 Å². The van der Waals surface area contributed by atoms with Crippen molar-refractivity contribution in [3.05, 3.63) is 121 Å². The number of rotatable bonds is 6. The van der Waals surface area contributed by atoms with Crippen LogP contribution in [0.4, 0.5) is 24.7 Å². The molecule has 1 saturated carbocycles. The number of phenolic OH excluding ortho intramolecular Hbond substituents is 1. The number of ether oxygens (including phenoxy) is 1. The molecule has 2 aliphatic carbocycles. The van der Waals surface area contributed by atoms with Gasteiger partial charge in [0.25, 0.3) is 11.8 Å². The maximum atomic E-state index is 15.4. The molecule has 1 aromatic heterocycles. The summed E-state index contributed by atoms with van der Waals surface area (Å²) in [5.41, 5.74) is 1.66. The molecule has 6 atom stereocenters. The molecule has 3 fully saturated rings. The number of pyridine rings is 1. The summed E-state index contributed by atoms with van der Waals surface area (Å²) in [6, 6.07) is 18.9. The van der Waals surface area contributed by atoms with E-state index < -0.39 is 69.5 Å². The number of hydrazine groups is 1. The second-order valence-corrected chi connectivity index (χ2v) is 15.8. The SMILES string of the molecule is COc1cc(C2C3=CCC4C(=O)N(c5ccccc5)C(=O)C4C3CC3C(=O)N(Nc4ncc(C(F)(F)F)cc4Cl)C(=O)C32c2ccc(Cl)cc2)cc(I)c1O. The van der Waals surface area contributed by atoms with E-state index in [2.05, 4.69) is 10.4 Å². The Morgan fingerprint density at radius 3 is 2.33 bits per heavy atom. The molecule has 0 spiro atoms. The minimum atomic E-state index is -4.75. The number of alkyl halides is 3. The molecule has 282 valence electrons. The van der Waals surface area contributed by atoms with Crippen molar-refractivity contribution >= 4 is 80.9 Å². The van der Waals surface area contributed by atoms with Crippen molar-refractivity contribution in [1.82, 2.24) is 9.99 Å². The third-order valence-electron chi connectivity index (χ3n) is 11.2. The Morgan fingerprint density at radius 1 is 0.964 bits per heavy atom. The zero-order chi connectivity index (χ0) is 39.1. The lowest BCUT2D eigenvalue weighted by molar-refractivity contribution is -0.139. The first-order chi connectivity index (χ1) is 26.2. The third kappa shape index (κ3) is 5.69. The second kappa shape index (κ2) is 13.5. The van der Waals surface area contributed by atoms with E-state index in [0.717, 1.165) is 5.01 Å². The highest BCUT2D eigenvalue weighted by atomic mass is 127. The number of aromatic hydroxyl groups is 1. The number of amides is 4. The second-order valence-electron chi connectivity index (χ2n) is 13.8. The number of benzene rings is 3. The van der Waals surface area contributed by atoms with Gasteiger partial charge in [-0.3, -0.25) is 29.5 Å². The fraction of sp³-hybridized carbons (Fsp3) is 0.256. The van der Waals surface area contributed by atoms with Crippen LogP contribution in [0.25, 0.3) is 0 Å². The Hall–Kier alpha value is -4.67. The Morgan fingerprint density at radius 2 is 1.67 bits per heavy atom. The molecule has 10 nitrogen and oxygen atoms in total. The van der Waals surface area contributed by atoms with E-state index in [-0.39, 0.29) is 36.1 Å². The summed E-state index contributed by atoms with van der Waals surface area (Å²) in [7, 11) is 1.37. The van der Waals surface area contributed by atoms with Gasteiger partial charge in [-0.25, -0.2) is 4.98 Å². The summed E-state index contributed by atoms with van der Waals surface area (Å²) >= 11 is 14.5. The van der Waals surface area contributed by atoms with Crippen LogP contribution in [0.15, 0.2) is 90.6 Å². The van der Waals surface area contributed by atoms with Crippen LogP contribution >= 0.6 is 45.8 Å². The Balaban J connectivity index is 1.34. The average molecular weight is 903 g/mol. The number of carbonyl (C=O) groups excluding carboxylic acids is 4. The topological polar surface area (TPSA) is 129 Å². The minimum absolute atomic E-state index is 0.0446. The first-order valence-corrected chi connectivity index (χ1v) is 18.8. The van der Waals surface area contributed by atoms with Gasteiger partial charge in [-0.05, 0) is 94.9 Å². The van der Waals surface area contributed by atoms with Crippen LogP contribution in [0.3, 0.4) is 0 Å². The molecule has 55 heavy (non-hydrogen) atoms. The van der Waals surface area contributed by atoms with E-state index in [1.54, 1.807) is 66.7 Å². The molecule has 4 aliphatic rings. The minimum Gasteiger partial charge on any atom is -0.504 e. The number of carbonyl (C=O) groups is 4. The predicted molar refractivity (Wildman–Crippen MR) is 203 cm³/mol. The summed E-state index contributed by atoms with van der Waals surface area (Å²) in [6.45, 7) is 0. The van der Waals surface area contributed by atoms with Gasteiger partial charge in [-0.1, -0.05) is 65.2 Å². The highest BCUT2D eigenvalue weighted by molar-refractivity contribution is 14.1. The van der Waals surface area contributed by atoms with Crippen molar-refractivity contribution < 1.29 is 42.2 Å². The largest absolute Gasteiger partial charge is 0.504 e. The summed E-state index contributed by atoms with van der Waals surface area (Å²) < 4.78 is 46.4. The molecule has 4 amide bonds. The van der Waals surface area contributed by atoms with Gasteiger partial charge >= 0.3 is 6.18 Å². The molecular formula is C39H28Cl2F3IN4O6. The van der Waals surface area contributed by atoms with Gasteiger partial charge in [-0.15, -0.1) is 0 Å². The fourth-order valence-corrected chi connectivity index (χ4v) is 9.87. The van der Waals surface area contributed by atoms with Crippen LogP contribution in [0, 0.1) is 27.2 Å². The standard InChI is InChI=1S/C39H28Cl2F3IN4O6/c1-55-29-14-18(13-28(45)32(29)50)31-23-11-12-24-30(36(53)48(34(24)51)22-5-3-2-4-6-22)25(23)16-26-35(52)49(37(54)38(26,31)19-7-9-21(40)10-8-19)47-33-27(41)15-20(17-46-33)39(42,43)44/h2-11,13-15,17,24-26,30-31,50H,12,16H2,1H3,(H,46,47). The monoisotopic (exact) mass is 902 g/mol. The van der Waals surface area contributed by atoms with E-state index >= 15 is 4.79 Å². The van der Waals surface area contributed by atoms with Gasteiger partial charge in [0.05, 0.1) is 50.1 Å². The van der Waals surface area contributed by atoms with E-state index in [9.17, 15) is 32.7 Å². The van der Waals surface area contributed by atoms with Crippen molar-refractivity contribution in [2.75, 3.05) is 17.4 Å². The highest BCUT2D eigenvalue weighted by Crippen LogP contribution is 2.64. The van der Waals surface area contributed by atoms with E-state index in [4.69, 9.17) is 27.9 Å². The normalized spacial score (nSPS) is 26.1. The molecule has 2 aliphatic heterocycles. The number of allylic oxidation sites excluding steroid dienone is 2. The highest BCUT2D eigenvalue weighted by Gasteiger charge is 2.70. The van der Waals surface area contributed by atoms with Crippen molar-refractivity contribution in [2.45, 2.75) is 30.4 Å². The van der Waals surface area contributed by atoms with Crippen LogP contribution in [0.2, 0.25) is 10.0 Å². The maximum Gasteiger partial charge on any atom is 0.417 e. The zero-order valence-corrected chi connectivity index (χ0v) is 32.2. The first-order valence-electron chi connectivity index (χ1n) is 17.0. The smallest absolute Gasteiger partial charge is 0.417 e. The number of halogens is 6. The van der Waals surface area contributed by atoms with Crippen molar-refractivity contribution in [3.63, 3.8) is 0 Å². The number of hydrogen-bond acceptors (Lipinski definition) is 8. The molecule has 6 unspecified atom stereocenters. The summed E-state index contributed by atoms with van der Waals surface area (Å²) in [4.78, 5) is 63.7. The molecule has 0 radical (unpaired) electrons. The Kier molecular flexibility index (Phi) is 9.16. The maximum absolute atomic E-state index is 15.4. The molecular weight excluding hydrogens is 875 g/mol. The van der Waals surface area contributed by atoms with Gasteiger partial charge < -0.3 is 9.84 Å². The van der Waals surface area contributed by atoms with Gasteiger partial charge in [0.2, 0.25) is 11.8 Å². The number of anilines is 2.